The SMILES string of the molecule is CNCC(C)C(=O)NC(C)c1ccc(C)cc1C.Cl. The van der Waals surface area contributed by atoms with Crippen molar-refractivity contribution in [1.82, 2.24) is 10.6 Å². The number of hydrogen-bond donors (Lipinski definition) is 2. The van der Waals surface area contributed by atoms with Gasteiger partial charge in [0.05, 0.1) is 6.04 Å². The van der Waals surface area contributed by atoms with Gasteiger partial charge in [-0.05, 0) is 38.9 Å². The highest BCUT2D eigenvalue weighted by molar-refractivity contribution is 5.85. The number of amides is 1. The maximum atomic E-state index is 11.9. The van der Waals surface area contributed by atoms with E-state index in [0.717, 1.165) is 0 Å². The lowest BCUT2D eigenvalue weighted by Crippen LogP contribution is -2.36. The van der Waals surface area contributed by atoms with Gasteiger partial charge in [-0.25, -0.2) is 0 Å². The summed E-state index contributed by atoms with van der Waals surface area (Å²) in [7, 11) is 1.86. The second-order valence-electron chi connectivity index (χ2n) is 5.05. The number of halogens is 1. The van der Waals surface area contributed by atoms with Crippen molar-refractivity contribution in [3.8, 4) is 0 Å². The average Bonchev–Trinajstić information content (AvgIpc) is 2.28. The van der Waals surface area contributed by atoms with Crippen LogP contribution in [0.25, 0.3) is 0 Å². The smallest absolute Gasteiger partial charge is 0.224 e. The van der Waals surface area contributed by atoms with E-state index >= 15 is 0 Å². The molecule has 1 aromatic carbocycles. The fourth-order valence-electron chi connectivity index (χ4n) is 2.14. The largest absolute Gasteiger partial charge is 0.349 e. The number of hydrogen-bond acceptors (Lipinski definition) is 2. The molecule has 0 saturated heterocycles. The molecule has 0 fully saturated rings. The van der Waals surface area contributed by atoms with Gasteiger partial charge in [-0.1, -0.05) is 30.7 Å². The van der Waals surface area contributed by atoms with Crippen LogP contribution in [0.2, 0.25) is 0 Å². The summed E-state index contributed by atoms with van der Waals surface area (Å²) < 4.78 is 0. The molecule has 0 aliphatic rings. The third-order valence-corrected chi connectivity index (χ3v) is 3.21. The molecule has 2 N–H and O–H groups in total. The Kier molecular flexibility index (Phi) is 7.72. The highest BCUT2D eigenvalue weighted by Gasteiger charge is 2.16. The van der Waals surface area contributed by atoms with E-state index in [1.54, 1.807) is 0 Å². The molecule has 3 nitrogen and oxygen atoms in total. The Labute approximate surface area is 122 Å². The van der Waals surface area contributed by atoms with Crippen molar-refractivity contribution >= 4 is 18.3 Å². The highest BCUT2D eigenvalue weighted by atomic mass is 35.5. The van der Waals surface area contributed by atoms with E-state index in [0.29, 0.717) is 6.54 Å². The van der Waals surface area contributed by atoms with Gasteiger partial charge in [-0.3, -0.25) is 4.79 Å². The third kappa shape index (κ3) is 5.21. The molecular formula is C15H25ClN2O. The Morgan fingerprint density at radius 1 is 1.26 bits per heavy atom. The van der Waals surface area contributed by atoms with Gasteiger partial charge in [0.2, 0.25) is 5.91 Å². The lowest BCUT2D eigenvalue weighted by atomic mass is 9.99. The van der Waals surface area contributed by atoms with Crippen LogP contribution in [0, 0.1) is 19.8 Å². The van der Waals surface area contributed by atoms with Gasteiger partial charge in [0, 0.05) is 12.5 Å². The van der Waals surface area contributed by atoms with Crippen LogP contribution in [-0.2, 0) is 4.79 Å². The molecule has 1 amide bonds. The van der Waals surface area contributed by atoms with Gasteiger partial charge in [-0.15, -0.1) is 12.4 Å². The number of benzene rings is 1. The van der Waals surface area contributed by atoms with E-state index in [2.05, 4.69) is 42.7 Å². The predicted octanol–water partition coefficient (Wildman–Crippen LogP) is 2.76. The topological polar surface area (TPSA) is 41.1 Å². The van der Waals surface area contributed by atoms with Crippen LogP contribution < -0.4 is 10.6 Å². The lowest BCUT2D eigenvalue weighted by Gasteiger charge is -2.19. The molecule has 0 spiro atoms. The lowest BCUT2D eigenvalue weighted by molar-refractivity contribution is -0.125. The average molecular weight is 285 g/mol. The summed E-state index contributed by atoms with van der Waals surface area (Å²) in [5.74, 6) is 0.0834. The third-order valence-electron chi connectivity index (χ3n) is 3.21. The van der Waals surface area contributed by atoms with E-state index in [1.807, 2.05) is 20.9 Å². The first kappa shape index (κ1) is 17.9. The molecule has 1 aromatic rings. The van der Waals surface area contributed by atoms with Crippen LogP contribution in [-0.4, -0.2) is 19.5 Å². The Morgan fingerprint density at radius 2 is 1.89 bits per heavy atom. The summed E-state index contributed by atoms with van der Waals surface area (Å²) in [5, 5.41) is 6.08. The maximum Gasteiger partial charge on any atom is 0.224 e. The van der Waals surface area contributed by atoms with Crippen molar-refractivity contribution in [3.05, 3.63) is 34.9 Å². The van der Waals surface area contributed by atoms with Crippen molar-refractivity contribution in [2.75, 3.05) is 13.6 Å². The summed E-state index contributed by atoms with van der Waals surface area (Å²) >= 11 is 0. The van der Waals surface area contributed by atoms with E-state index in [1.165, 1.54) is 16.7 Å². The van der Waals surface area contributed by atoms with Crippen LogP contribution in [0.1, 0.15) is 36.6 Å². The Balaban J connectivity index is 0.00000324. The fraction of sp³-hybridized carbons (Fsp3) is 0.533. The quantitative estimate of drug-likeness (QED) is 0.873. The number of rotatable bonds is 5. The fourth-order valence-corrected chi connectivity index (χ4v) is 2.14. The summed E-state index contributed by atoms with van der Waals surface area (Å²) in [5.41, 5.74) is 3.66. The van der Waals surface area contributed by atoms with Gasteiger partial charge in [-0.2, -0.15) is 0 Å². The normalized spacial score (nSPS) is 13.3. The second kappa shape index (κ2) is 8.18. The van der Waals surface area contributed by atoms with Crippen LogP contribution in [0.4, 0.5) is 0 Å². The van der Waals surface area contributed by atoms with Gasteiger partial charge < -0.3 is 10.6 Å². The van der Waals surface area contributed by atoms with E-state index in [9.17, 15) is 4.79 Å². The van der Waals surface area contributed by atoms with Crippen LogP contribution in [0.15, 0.2) is 18.2 Å². The zero-order chi connectivity index (χ0) is 13.7. The standard InChI is InChI=1S/C15H24N2O.ClH/c1-10-6-7-14(11(2)8-10)13(4)17-15(18)12(3)9-16-5;/h6-8,12-13,16H,9H2,1-5H3,(H,17,18);1H. The minimum atomic E-state index is -0.0109. The van der Waals surface area contributed by atoms with Crippen molar-refractivity contribution in [3.63, 3.8) is 0 Å². The summed E-state index contributed by atoms with van der Waals surface area (Å²) in [6.07, 6.45) is 0. The Hall–Kier alpha value is -1.06. The molecule has 4 heteroatoms. The maximum absolute atomic E-state index is 11.9. The van der Waals surface area contributed by atoms with Crippen LogP contribution >= 0.6 is 12.4 Å². The molecule has 0 heterocycles. The van der Waals surface area contributed by atoms with Crippen molar-refractivity contribution in [2.24, 2.45) is 5.92 Å². The molecule has 0 aromatic heterocycles. The molecular weight excluding hydrogens is 260 g/mol. The van der Waals surface area contributed by atoms with Gasteiger partial charge in [0.15, 0.2) is 0 Å². The first-order valence-electron chi connectivity index (χ1n) is 6.47. The first-order valence-corrected chi connectivity index (χ1v) is 6.47. The number of carbonyl (C=O) groups is 1. The van der Waals surface area contributed by atoms with Gasteiger partial charge in [0.1, 0.15) is 0 Å². The summed E-state index contributed by atoms with van der Waals surface area (Å²) in [4.78, 5) is 11.9. The van der Waals surface area contributed by atoms with Gasteiger partial charge >= 0.3 is 0 Å². The summed E-state index contributed by atoms with van der Waals surface area (Å²) in [6.45, 7) is 8.82. The molecule has 0 saturated carbocycles. The summed E-state index contributed by atoms with van der Waals surface area (Å²) in [6, 6.07) is 6.38. The van der Waals surface area contributed by atoms with E-state index in [-0.39, 0.29) is 30.3 Å². The molecule has 0 radical (unpaired) electrons. The van der Waals surface area contributed by atoms with Crippen molar-refractivity contribution in [1.29, 1.82) is 0 Å². The molecule has 2 unspecified atom stereocenters. The molecule has 0 aliphatic carbocycles. The van der Waals surface area contributed by atoms with E-state index in [4.69, 9.17) is 0 Å². The Morgan fingerprint density at radius 3 is 2.42 bits per heavy atom. The molecule has 2 atom stereocenters. The second-order valence-corrected chi connectivity index (χ2v) is 5.05. The molecule has 19 heavy (non-hydrogen) atoms. The highest BCUT2D eigenvalue weighted by Crippen LogP contribution is 2.18. The zero-order valence-corrected chi connectivity index (χ0v) is 13.2. The van der Waals surface area contributed by atoms with Gasteiger partial charge in [0.25, 0.3) is 0 Å². The van der Waals surface area contributed by atoms with E-state index < -0.39 is 0 Å². The zero-order valence-electron chi connectivity index (χ0n) is 12.4. The van der Waals surface area contributed by atoms with Crippen LogP contribution in [0.5, 0.6) is 0 Å². The van der Waals surface area contributed by atoms with Crippen molar-refractivity contribution < 1.29 is 4.79 Å². The molecule has 0 bridgehead atoms. The van der Waals surface area contributed by atoms with Crippen molar-refractivity contribution in [2.45, 2.75) is 33.7 Å². The minimum Gasteiger partial charge on any atom is -0.349 e. The number of nitrogens with one attached hydrogen (secondary N) is 2. The Bertz CT molecular complexity index is 421. The molecule has 0 aliphatic heterocycles. The monoisotopic (exact) mass is 284 g/mol. The number of carbonyl (C=O) groups excluding carboxylic acids is 1. The first-order chi connectivity index (χ1) is 8.45. The van der Waals surface area contributed by atoms with Crippen LogP contribution in [0.3, 0.4) is 0 Å². The molecule has 108 valence electrons. The minimum absolute atomic E-state index is 0. The number of aryl methyl sites for hydroxylation is 2. The molecule has 1 rings (SSSR count). The predicted molar refractivity (Wildman–Crippen MR) is 82.8 cm³/mol.